The minimum atomic E-state index is -0.759. The predicted octanol–water partition coefficient (Wildman–Crippen LogP) is 3.72. The fourth-order valence-electron chi connectivity index (χ4n) is 3.14. The SMILES string of the molecule is Cc1cnc(Nc2ccnn2C)nc1-c1coc(C(=O)NC(C)(C)c2ccc(F)cc2)n1. The van der Waals surface area contributed by atoms with Gasteiger partial charge in [0.1, 0.15) is 29.3 Å². The molecule has 0 radical (unpaired) electrons. The first-order chi connectivity index (χ1) is 15.2. The molecule has 1 aromatic carbocycles. The number of aromatic nitrogens is 5. The van der Waals surface area contributed by atoms with Crippen molar-refractivity contribution in [3.8, 4) is 11.4 Å². The molecule has 0 aliphatic heterocycles. The Morgan fingerprint density at radius 1 is 1.16 bits per heavy atom. The summed E-state index contributed by atoms with van der Waals surface area (Å²) in [5.41, 5.74) is 1.70. The van der Waals surface area contributed by atoms with Gasteiger partial charge in [-0.2, -0.15) is 5.10 Å². The van der Waals surface area contributed by atoms with Gasteiger partial charge in [-0.15, -0.1) is 0 Å². The van der Waals surface area contributed by atoms with Gasteiger partial charge in [-0.3, -0.25) is 9.48 Å². The summed E-state index contributed by atoms with van der Waals surface area (Å²) in [6, 6.07) is 7.74. The van der Waals surface area contributed by atoms with Crippen LogP contribution in [0, 0.1) is 12.7 Å². The van der Waals surface area contributed by atoms with Crippen LogP contribution in [-0.4, -0.2) is 30.6 Å². The van der Waals surface area contributed by atoms with E-state index in [0.29, 0.717) is 17.3 Å². The maximum atomic E-state index is 13.2. The zero-order valence-electron chi connectivity index (χ0n) is 18.0. The van der Waals surface area contributed by atoms with Crippen molar-refractivity contribution in [1.29, 1.82) is 0 Å². The molecular weight excluding hydrogens is 413 g/mol. The molecule has 4 aromatic rings. The number of aryl methyl sites for hydroxylation is 2. The van der Waals surface area contributed by atoms with E-state index in [-0.39, 0.29) is 11.7 Å². The highest BCUT2D eigenvalue weighted by atomic mass is 19.1. The van der Waals surface area contributed by atoms with Gasteiger partial charge < -0.3 is 15.1 Å². The summed E-state index contributed by atoms with van der Waals surface area (Å²) in [6.45, 7) is 5.47. The first-order valence-corrected chi connectivity index (χ1v) is 9.86. The lowest BCUT2D eigenvalue weighted by atomic mass is 9.94. The van der Waals surface area contributed by atoms with Crippen molar-refractivity contribution >= 4 is 17.7 Å². The van der Waals surface area contributed by atoms with E-state index in [2.05, 4.69) is 30.7 Å². The Morgan fingerprint density at radius 3 is 2.59 bits per heavy atom. The van der Waals surface area contributed by atoms with Crippen LogP contribution in [0.5, 0.6) is 0 Å². The molecule has 9 nitrogen and oxygen atoms in total. The van der Waals surface area contributed by atoms with Crippen LogP contribution in [0.3, 0.4) is 0 Å². The Labute approximate surface area is 183 Å². The summed E-state index contributed by atoms with van der Waals surface area (Å²) >= 11 is 0. The third-order valence-electron chi connectivity index (χ3n) is 4.97. The molecule has 0 aliphatic carbocycles. The summed E-state index contributed by atoms with van der Waals surface area (Å²) in [7, 11) is 1.80. The Bertz CT molecular complexity index is 1260. The second-order valence-electron chi connectivity index (χ2n) is 7.81. The first kappa shape index (κ1) is 21.2. The third kappa shape index (κ3) is 4.34. The van der Waals surface area contributed by atoms with Crippen molar-refractivity contribution in [2.45, 2.75) is 26.3 Å². The zero-order chi connectivity index (χ0) is 22.9. The summed E-state index contributed by atoms with van der Waals surface area (Å²) in [6.07, 6.45) is 4.70. The highest BCUT2D eigenvalue weighted by Crippen LogP contribution is 2.24. The number of carbonyl (C=O) groups is 1. The number of nitrogens with zero attached hydrogens (tertiary/aromatic N) is 5. The van der Waals surface area contributed by atoms with Crippen molar-refractivity contribution in [3.63, 3.8) is 0 Å². The highest BCUT2D eigenvalue weighted by Gasteiger charge is 2.26. The quantitative estimate of drug-likeness (QED) is 0.475. The maximum absolute atomic E-state index is 13.2. The van der Waals surface area contributed by atoms with Crippen molar-refractivity contribution < 1.29 is 13.6 Å². The van der Waals surface area contributed by atoms with Gasteiger partial charge >= 0.3 is 5.91 Å². The molecule has 0 bridgehead atoms. The van der Waals surface area contributed by atoms with Gasteiger partial charge in [-0.25, -0.2) is 19.3 Å². The smallest absolute Gasteiger partial charge is 0.307 e. The van der Waals surface area contributed by atoms with Crippen LogP contribution >= 0.6 is 0 Å². The lowest BCUT2D eigenvalue weighted by Gasteiger charge is -2.26. The maximum Gasteiger partial charge on any atom is 0.307 e. The van der Waals surface area contributed by atoms with Gasteiger partial charge in [0.15, 0.2) is 0 Å². The summed E-state index contributed by atoms with van der Waals surface area (Å²) < 4.78 is 20.3. The topological polar surface area (TPSA) is 111 Å². The van der Waals surface area contributed by atoms with Crippen LogP contribution in [-0.2, 0) is 12.6 Å². The fourth-order valence-corrected chi connectivity index (χ4v) is 3.14. The Morgan fingerprint density at radius 2 is 1.91 bits per heavy atom. The number of hydrogen-bond acceptors (Lipinski definition) is 7. The molecule has 3 heterocycles. The summed E-state index contributed by atoms with van der Waals surface area (Å²) in [5.74, 6) is 0.147. The van der Waals surface area contributed by atoms with Crippen molar-refractivity contribution in [2.24, 2.45) is 7.05 Å². The van der Waals surface area contributed by atoms with Crippen LogP contribution in [0.4, 0.5) is 16.2 Å². The van der Waals surface area contributed by atoms with E-state index in [4.69, 9.17) is 4.42 Å². The summed E-state index contributed by atoms with van der Waals surface area (Å²) in [4.78, 5) is 25.9. The van der Waals surface area contributed by atoms with Crippen LogP contribution < -0.4 is 10.6 Å². The molecular formula is C22H22FN7O2. The molecule has 0 fully saturated rings. The van der Waals surface area contributed by atoms with E-state index in [1.165, 1.54) is 18.4 Å². The molecule has 10 heteroatoms. The van der Waals surface area contributed by atoms with Crippen LogP contribution in [0.15, 0.2) is 53.4 Å². The molecule has 2 N–H and O–H groups in total. The minimum absolute atomic E-state index is 0.102. The van der Waals surface area contributed by atoms with Gasteiger partial charge in [-0.1, -0.05) is 12.1 Å². The van der Waals surface area contributed by atoms with Gasteiger partial charge in [0.2, 0.25) is 5.95 Å². The van der Waals surface area contributed by atoms with E-state index < -0.39 is 11.4 Å². The van der Waals surface area contributed by atoms with Gasteiger partial charge in [0.05, 0.1) is 11.7 Å². The Kier molecular flexibility index (Phi) is 5.43. The van der Waals surface area contributed by atoms with E-state index in [9.17, 15) is 9.18 Å². The molecule has 0 saturated carbocycles. The number of amides is 1. The normalized spacial score (nSPS) is 11.4. The number of hydrogen-bond donors (Lipinski definition) is 2. The number of rotatable bonds is 6. The number of oxazole rings is 1. The monoisotopic (exact) mass is 435 g/mol. The van der Waals surface area contributed by atoms with Gasteiger partial charge in [0.25, 0.3) is 5.89 Å². The molecule has 32 heavy (non-hydrogen) atoms. The molecule has 0 unspecified atom stereocenters. The second-order valence-corrected chi connectivity index (χ2v) is 7.81. The van der Waals surface area contributed by atoms with E-state index >= 15 is 0 Å². The number of anilines is 2. The molecule has 164 valence electrons. The van der Waals surface area contributed by atoms with E-state index in [1.807, 2.05) is 20.8 Å². The third-order valence-corrected chi connectivity index (χ3v) is 4.97. The average Bonchev–Trinajstić information content (AvgIpc) is 3.39. The lowest BCUT2D eigenvalue weighted by molar-refractivity contribution is 0.0876. The molecule has 0 atom stereocenters. The van der Waals surface area contributed by atoms with Crippen LogP contribution in [0.2, 0.25) is 0 Å². The van der Waals surface area contributed by atoms with Crippen molar-refractivity contribution in [1.82, 2.24) is 30.0 Å². The molecule has 0 aliphatic rings. The second kappa shape index (κ2) is 8.22. The molecule has 3 aromatic heterocycles. The molecule has 4 rings (SSSR count). The largest absolute Gasteiger partial charge is 0.440 e. The van der Waals surface area contributed by atoms with E-state index in [1.54, 1.807) is 42.3 Å². The van der Waals surface area contributed by atoms with Crippen LogP contribution in [0.1, 0.15) is 35.7 Å². The molecule has 1 amide bonds. The Hall–Kier alpha value is -4.08. The number of halogens is 1. The molecule has 0 saturated heterocycles. The Balaban J connectivity index is 1.54. The van der Waals surface area contributed by atoms with Crippen molar-refractivity contribution in [2.75, 3.05) is 5.32 Å². The summed E-state index contributed by atoms with van der Waals surface area (Å²) in [5, 5.41) is 10.0. The fraction of sp³-hybridized carbons (Fsp3) is 0.227. The van der Waals surface area contributed by atoms with Gasteiger partial charge in [0, 0.05) is 19.3 Å². The number of nitrogens with one attached hydrogen (secondary N) is 2. The van der Waals surface area contributed by atoms with Crippen LogP contribution in [0.25, 0.3) is 11.4 Å². The lowest BCUT2D eigenvalue weighted by Crippen LogP contribution is -2.41. The number of benzene rings is 1. The number of carbonyl (C=O) groups excluding carboxylic acids is 1. The average molecular weight is 435 g/mol. The highest BCUT2D eigenvalue weighted by molar-refractivity contribution is 5.90. The van der Waals surface area contributed by atoms with Crippen molar-refractivity contribution in [3.05, 3.63) is 71.8 Å². The molecule has 0 spiro atoms. The predicted molar refractivity (Wildman–Crippen MR) is 116 cm³/mol. The zero-order valence-corrected chi connectivity index (χ0v) is 18.0. The first-order valence-electron chi connectivity index (χ1n) is 9.86. The minimum Gasteiger partial charge on any atom is -0.440 e. The standard InChI is InChI=1S/C22H22FN7O2/c1-13-11-24-21(27-17-9-10-25-30(17)4)28-18(13)16-12-32-20(26-16)19(31)29-22(2,3)14-5-7-15(23)8-6-14/h5-12H,1-4H3,(H,29,31)(H,24,27,28). The van der Waals surface area contributed by atoms with Gasteiger partial charge in [-0.05, 0) is 44.0 Å². The van der Waals surface area contributed by atoms with E-state index in [0.717, 1.165) is 16.9 Å².